The van der Waals surface area contributed by atoms with Crippen molar-refractivity contribution in [3.05, 3.63) is 53.6 Å². The molecule has 36 heavy (non-hydrogen) atoms. The van der Waals surface area contributed by atoms with Gasteiger partial charge in [0.2, 0.25) is 0 Å². The zero-order valence-corrected chi connectivity index (χ0v) is 22.3. The summed E-state index contributed by atoms with van der Waals surface area (Å²) in [6.07, 6.45) is 12.0. The van der Waals surface area contributed by atoms with Gasteiger partial charge < -0.3 is 18.9 Å². The minimum atomic E-state index is -1.12. The van der Waals surface area contributed by atoms with E-state index in [4.69, 9.17) is 18.9 Å². The molecule has 1 unspecified atom stereocenters. The summed E-state index contributed by atoms with van der Waals surface area (Å²) in [7, 11) is 4.45. The van der Waals surface area contributed by atoms with E-state index in [1.807, 2.05) is 6.07 Å². The molecule has 0 bridgehead atoms. The van der Waals surface area contributed by atoms with Gasteiger partial charge in [-0.25, -0.2) is 0 Å². The van der Waals surface area contributed by atoms with Gasteiger partial charge in [-0.15, -0.1) is 0 Å². The molecule has 2 aromatic rings. The standard InChI is InChI=1S/C30H42O6/c1-5-6-7-8-9-10-11-12-13-17-20-36-30(32)27(23-18-15-14-16-19-23)29(31)28-25(34-3)21-24(33-2)22-26(28)35-4/h14-16,18-19,21-22,27H,5-13,17,20H2,1-4H3. The number of unbranched alkanes of at least 4 members (excludes halogenated alkanes) is 9. The number of carbonyl (C=O) groups is 2. The van der Waals surface area contributed by atoms with Crippen LogP contribution in [0.4, 0.5) is 0 Å². The van der Waals surface area contributed by atoms with E-state index >= 15 is 0 Å². The van der Waals surface area contributed by atoms with Gasteiger partial charge >= 0.3 is 5.97 Å². The van der Waals surface area contributed by atoms with Crippen molar-refractivity contribution in [3.8, 4) is 17.2 Å². The fourth-order valence-corrected chi connectivity index (χ4v) is 4.28. The molecule has 6 nitrogen and oxygen atoms in total. The second kappa shape index (κ2) is 16.6. The summed E-state index contributed by atoms with van der Waals surface area (Å²) in [6, 6.07) is 12.2. The Morgan fingerprint density at radius 2 is 1.25 bits per heavy atom. The molecule has 0 radical (unpaired) electrons. The fourth-order valence-electron chi connectivity index (χ4n) is 4.28. The quantitative estimate of drug-likeness (QED) is 0.0941. The number of Topliss-reactive ketones (excluding diaryl/α,β-unsaturated/α-hetero) is 1. The van der Waals surface area contributed by atoms with Crippen LogP contribution in [-0.4, -0.2) is 39.7 Å². The van der Waals surface area contributed by atoms with Gasteiger partial charge in [-0.2, -0.15) is 0 Å². The van der Waals surface area contributed by atoms with Crippen molar-refractivity contribution >= 4 is 11.8 Å². The van der Waals surface area contributed by atoms with E-state index in [1.165, 1.54) is 66.3 Å². The molecular formula is C30H42O6. The molecule has 0 aliphatic rings. The minimum absolute atomic E-state index is 0.186. The summed E-state index contributed by atoms with van der Waals surface area (Å²) in [5.74, 6) is -1.09. The van der Waals surface area contributed by atoms with Crippen LogP contribution in [-0.2, 0) is 9.53 Å². The zero-order chi connectivity index (χ0) is 26.2. The molecule has 0 aliphatic carbocycles. The molecule has 198 valence electrons. The van der Waals surface area contributed by atoms with Gasteiger partial charge in [-0.05, 0) is 12.0 Å². The maximum absolute atomic E-state index is 13.7. The minimum Gasteiger partial charge on any atom is -0.496 e. The van der Waals surface area contributed by atoms with Gasteiger partial charge in [0.1, 0.15) is 28.7 Å². The molecule has 2 rings (SSSR count). The molecule has 1 atom stereocenters. The lowest BCUT2D eigenvalue weighted by Gasteiger charge is -2.19. The third-order valence-electron chi connectivity index (χ3n) is 6.33. The molecule has 0 saturated carbocycles. The summed E-state index contributed by atoms with van der Waals surface area (Å²) in [4.78, 5) is 26.9. The average Bonchev–Trinajstić information content (AvgIpc) is 2.91. The van der Waals surface area contributed by atoms with Gasteiger partial charge in [0, 0.05) is 12.1 Å². The summed E-state index contributed by atoms with van der Waals surface area (Å²) < 4.78 is 21.8. The van der Waals surface area contributed by atoms with Crippen molar-refractivity contribution in [2.75, 3.05) is 27.9 Å². The summed E-state index contributed by atoms with van der Waals surface area (Å²) in [6.45, 7) is 2.53. The normalized spacial score (nSPS) is 11.6. The van der Waals surface area contributed by atoms with Crippen LogP contribution >= 0.6 is 0 Å². The molecule has 0 amide bonds. The predicted octanol–water partition coefficient (Wildman–Crippen LogP) is 7.14. The highest BCUT2D eigenvalue weighted by Crippen LogP contribution is 2.38. The van der Waals surface area contributed by atoms with Crippen LogP contribution in [0, 0.1) is 0 Å². The first-order chi connectivity index (χ1) is 17.6. The van der Waals surface area contributed by atoms with Crippen LogP contribution in [0.15, 0.2) is 42.5 Å². The third kappa shape index (κ3) is 8.89. The van der Waals surface area contributed by atoms with Crippen LogP contribution in [0.25, 0.3) is 0 Å². The number of hydrogen-bond acceptors (Lipinski definition) is 6. The number of esters is 1. The summed E-state index contributed by atoms with van der Waals surface area (Å²) in [5, 5.41) is 0. The van der Waals surface area contributed by atoms with Crippen molar-refractivity contribution in [2.45, 2.75) is 77.0 Å². The highest BCUT2D eigenvalue weighted by molar-refractivity contribution is 6.15. The number of hydrogen-bond donors (Lipinski definition) is 0. The largest absolute Gasteiger partial charge is 0.496 e. The molecule has 0 fully saturated rings. The Balaban J connectivity index is 2.02. The number of benzene rings is 2. The fraction of sp³-hybridized carbons (Fsp3) is 0.533. The molecule has 6 heteroatoms. The number of ketones is 1. The lowest BCUT2D eigenvalue weighted by atomic mass is 9.89. The first-order valence-corrected chi connectivity index (χ1v) is 13.1. The number of carbonyl (C=O) groups excluding carboxylic acids is 2. The van der Waals surface area contributed by atoms with Gasteiger partial charge in [0.25, 0.3) is 0 Å². The maximum atomic E-state index is 13.7. The van der Waals surface area contributed by atoms with Gasteiger partial charge in [-0.1, -0.05) is 95.0 Å². The SMILES string of the molecule is CCCCCCCCCCCCOC(=O)C(C(=O)c1c(OC)cc(OC)cc1OC)c1ccccc1. The molecule has 0 aromatic heterocycles. The third-order valence-corrected chi connectivity index (χ3v) is 6.33. The number of methoxy groups -OCH3 is 3. The van der Waals surface area contributed by atoms with Crippen LogP contribution in [0.5, 0.6) is 17.2 Å². The van der Waals surface area contributed by atoms with Crippen LogP contribution in [0.3, 0.4) is 0 Å². The van der Waals surface area contributed by atoms with Gasteiger partial charge in [-0.3, -0.25) is 9.59 Å². The summed E-state index contributed by atoms with van der Waals surface area (Å²) >= 11 is 0. The molecule has 0 aliphatic heterocycles. The summed E-state index contributed by atoms with van der Waals surface area (Å²) in [5.41, 5.74) is 0.751. The zero-order valence-electron chi connectivity index (χ0n) is 22.3. The topological polar surface area (TPSA) is 71.1 Å². The van der Waals surface area contributed by atoms with E-state index in [9.17, 15) is 9.59 Å². The van der Waals surface area contributed by atoms with Gasteiger partial charge in [0.05, 0.1) is 27.9 Å². The number of rotatable bonds is 18. The van der Waals surface area contributed by atoms with E-state index in [2.05, 4.69) is 6.92 Å². The van der Waals surface area contributed by atoms with E-state index < -0.39 is 17.7 Å². The van der Waals surface area contributed by atoms with Crippen molar-refractivity contribution in [1.82, 2.24) is 0 Å². The molecule has 0 spiro atoms. The smallest absolute Gasteiger partial charge is 0.321 e. The molecule has 0 heterocycles. The molecular weight excluding hydrogens is 456 g/mol. The van der Waals surface area contributed by atoms with Crippen LogP contribution < -0.4 is 14.2 Å². The van der Waals surface area contributed by atoms with E-state index in [-0.39, 0.29) is 17.1 Å². The van der Waals surface area contributed by atoms with Crippen molar-refractivity contribution in [1.29, 1.82) is 0 Å². The maximum Gasteiger partial charge on any atom is 0.321 e. The van der Waals surface area contributed by atoms with Crippen molar-refractivity contribution in [3.63, 3.8) is 0 Å². The Morgan fingerprint density at radius 3 is 1.75 bits per heavy atom. The monoisotopic (exact) mass is 498 g/mol. The highest BCUT2D eigenvalue weighted by atomic mass is 16.5. The second-order valence-electron chi connectivity index (χ2n) is 8.96. The first kappa shape index (κ1) is 29.2. The molecule has 2 aromatic carbocycles. The average molecular weight is 499 g/mol. The lowest BCUT2D eigenvalue weighted by Crippen LogP contribution is -2.25. The molecule has 0 saturated heterocycles. The Kier molecular flexibility index (Phi) is 13.5. The number of ether oxygens (including phenoxy) is 4. The van der Waals surface area contributed by atoms with Crippen LogP contribution in [0.2, 0.25) is 0 Å². The molecule has 0 N–H and O–H groups in total. The van der Waals surface area contributed by atoms with E-state index in [1.54, 1.807) is 36.4 Å². The Hall–Kier alpha value is -3.02. The second-order valence-corrected chi connectivity index (χ2v) is 8.96. The predicted molar refractivity (Wildman–Crippen MR) is 142 cm³/mol. The van der Waals surface area contributed by atoms with Crippen molar-refractivity contribution < 1.29 is 28.5 Å². The van der Waals surface area contributed by atoms with Crippen LogP contribution in [0.1, 0.15) is 93.0 Å². The van der Waals surface area contributed by atoms with E-state index in [0.717, 1.165) is 19.3 Å². The lowest BCUT2D eigenvalue weighted by molar-refractivity contribution is -0.144. The Morgan fingerprint density at radius 1 is 0.722 bits per heavy atom. The Labute approximate surface area is 216 Å². The van der Waals surface area contributed by atoms with Gasteiger partial charge in [0.15, 0.2) is 5.78 Å². The highest BCUT2D eigenvalue weighted by Gasteiger charge is 2.35. The first-order valence-electron chi connectivity index (χ1n) is 13.1. The van der Waals surface area contributed by atoms with Crippen molar-refractivity contribution in [2.24, 2.45) is 0 Å². The van der Waals surface area contributed by atoms with E-state index in [0.29, 0.717) is 17.9 Å². The Bertz CT molecular complexity index is 899.